The summed E-state index contributed by atoms with van der Waals surface area (Å²) in [5.74, 6) is -2.76. The highest BCUT2D eigenvalue weighted by Gasteiger charge is 2.43. The number of aliphatic carboxylic acids is 1. The van der Waals surface area contributed by atoms with Crippen LogP contribution in [0.5, 0.6) is 0 Å². The Labute approximate surface area is 144 Å². The van der Waals surface area contributed by atoms with Crippen molar-refractivity contribution in [2.75, 3.05) is 0 Å². The lowest BCUT2D eigenvalue weighted by Crippen LogP contribution is -2.46. The van der Waals surface area contributed by atoms with Crippen molar-refractivity contribution in [3.8, 4) is 6.07 Å². The molecular weight excluding hydrogens is 391 g/mol. The van der Waals surface area contributed by atoms with E-state index in [-0.39, 0.29) is 0 Å². The number of carbonyl (C=O) groups is 1. The number of pyridine rings is 1. The van der Waals surface area contributed by atoms with Gasteiger partial charge in [-0.15, -0.1) is 0 Å². The smallest absolute Gasteiger partial charge is 0.475 e. The molecule has 3 atom stereocenters. The molecule has 0 saturated carbocycles. The van der Waals surface area contributed by atoms with E-state index in [2.05, 4.69) is 44.5 Å². The Morgan fingerprint density at radius 1 is 1.38 bits per heavy atom. The number of carboxylic acid groups (broad SMARTS) is 1. The maximum Gasteiger partial charge on any atom is 0.490 e. The SMILES string of the molecule is N#CC1(c2cncc(Br)c2)C[C@H]2C=C[C@@H](C1)N2.O=C(O)C(F)(F)F. The lowest BCUT2D eigenvalue weighted by molar-refractivity contribution is -0.192. The highest BCUT2D eigenvalue weighted by molar-refractivity contribution is 9.10. The van der Waals surface area contributed by atoms with Crippen molar-refractivity contribution in [3.05, 3.63) is 40.6 Å². The number of carboxylic acids is 1. The topological polar surface area (TPSA) is 86.0 Å². The summed E-state index contributed by atoms with van der Waals surface area (Å²) in [4.78, 5) is 13.1. The van der Waals surface area contributed by atoms with Crippen LogP contribution in [-0.2, 0) is 10.2 Å². The van der Waals surface area contributed by atoms with Crippen molar-refractivity contribution >= 4 is 21.9 Å². The number of piperidine rings is 1. The summed E-state index contributed by atoms with van der Waals surface area (Å²) in [6, 6.07) is 5.19. The first-order valence-electron chi connectivity index (χ1n) is 6.93. The van der Waals surface area contributed by atoms with Gasteiger partial charge >= 0.3 is 12.1 Å². The lowest BCUT2D eigenvalue weighted by atomic mass is 9.72. The molecular formula is C15H13BrF3N3O2. The molecule has 2 N–H and O–H groups in total. The molecule has 0 aliphatic carbocycles. The van der Waals surface area contributed by atoms with Crippen molar-refractivity contribution in [2.24, 2.45) is 0 Å². The number of rotatable bonds is 1. The molecule has 2 aliphatic heterocycles. The normalized spacial score (nSPS) is 27.8. The highest BCUT2D eigenvalue weighted by Crippen LogP contribution is 2.40. The molecule has 1 fully saturated rings. The zero-order valence-corrected chi connectivity index (χ0v) is 13.8. The molecule has 0 spiro atoms. The summed E-state index contributed by atoms with van der Waals surface area (Å²) >= 11 is 3.42. The van der Waals surface area contributed by atoms with E-state index < -0.39 is 17.6 Å². The van der Waals surface area contributed by atoms with Crippen molar-refractivity contribution in [3.63, 3.8) is 0 Å². The third kappa shape index (κ3) is 4.13. The number of nitrogens with one attached hydrogen (secondary N) is 1. The molecule has 2 aliphatic rings. The predicted molar refractivity (Wildman–Crippen MR) is 82.0 cm³/mol. The van der Waals surface area contributed by atoms with Crippen LogP contribution in [0.3, 0.4) is 0 Å². The van der Waals surface area contributed by atoms with Gasteiger partial charge in [0.15, 0.2) is 0 Å². The van der Waals surface area contributed by atoms with Gasteiger partial charge in [-0.1, -0.05) is 12.2 Å². The first-order chi connectivity index (χ1) is 11.2. The second-order valence-corrected chi connectivity index (χ2v) is 6.48. The van der Waals surface area contributed by atoms with E-state index in [1.165, 1.54) is 0 Å². The number of hydrogen-bond acceptors (Lipinski definition) is 4. The van der Waals surface area contributed by atoms with E-state index in [0.717, 1.165) is 22.9 Å². The second-order valence-electron chi connectivity index (χ2n) is 5.56. The van der Waals surface area contributed by atoms with Crippen molar-refractivity contribution < 1.29 is 23.1 Å². The van der Waals surface area contributed by atoms with E-state index >= 15 is 0 Å². The molecule has 0 radical (unpaired) electrons. The molecule has 24 heavy (non-hydrogen) atoms. The number of nitrogens with zero attached hydrogens (tertiary/aromatic N) is 2. The molecule has 1 unspecified atom stereocenters. The standard InChI is InChI=1S/C13H12BrN3.C2HF3O2/c14-10-3-9(6-16-7-10)13(8-15)4-11-1-2-12(5-13)17-11;3-2(4,5)1(6)7/h1-3,6-7,11-12,17H,4-5H2;(H,6,7)/t11-,12+,13?;. The first kappa shape index (κ1) is 18.4. The van der Waals surface area contributed by atoms with Gasteiger partial charge in [-0.05, 0) is 40.4 Å². The van der Waals surface area contributed by atoms with Gasteiger partial charge < -0.3 is 10.4 Å². The third-order valence-electron chi connectivity index (χ3n) is 3.85. The van der Waals surface area contributed by atoms with Gasteiger partial charge in [0.25, 0.3) is 0 Å². The van der Waals surface area contributed by atoms with Crippen LogP contribution in [-0.4, -0.2) is 34.3 Å². The Balaban J connectivity index is 0.000000256. The molecule has 3 rings (SSSR count). The predicted octanol–water partition coefficient (Wildman–Crippen LogP) is 2.93. The van der Waals surface area contributed by atoms with Crippen LogP contribution in [0.15, 0.2) is 35.1 Å². The Morgan fingerprint density at radius 3 is 2.33 bits per heavy atom. The van der Waals surface area contributed by atoms with E-state index in [0.29, 0.717) is 12.1 Å². The molecule has 128 valence electrons. The van der Waals surface area contributed by atoms with E-state index in [1.807, 2.05) is 12.3 Å². The molecule has 1 aromatic rings. The summed E-state index contributed by atoms with van der Waals surface area (Å²) in [5, 5.41) is 20.2. The molecule has 3 heterocycles. The molecule has 0 aromatic carbocycles. The van der Waals surface area contributed by atoms with Crippen LogP contribution in [0.2, 0.25) is 0 Å². The monoisotopic (exact) mass is 403 g/mol. The second kappa shape index (κ2) is 6.91. The van der Waals surface area contributed by atoms with Crippen LogP contribution < -0.4 is 5.32 Å². The number of alkyl halides is 3. The molecule has 9 heteroatoms. The van der Waals surface area contributed by atoms with Gasteiger partial charge in [0.05, 0.1) is 11.5 Å². The van der Waals surface area contributed by atoms with Crippen molar-refractivity contribution in [2.45, 2.75) is 36.5 Å². The van der Waals surface area contributed by atoms with E-state index in [9.17, 15) is 18.4 Å². The van der Waals surface area contributed by atoms with E-state index in [1.54, 1.807) is 6.20 Å². The summed E-state index contributed by atoms with van der Waals surface area (Å²) in [6.45, 7) is 0. The van der Waals surface area contributed by atoms with Gasteiger partial charge in [0, 0.05) is 29.0 Å². The Hall–Kier alpha value is -1.92. The average Bonchev–Trinajstić information content (AvgIpc) is 2.86. The summed E-state index contributed by atoms with van der Waals surface area (Å²) in [6.07, 6.45) is 4.49. The zero-order valence-electron chi connectivity index (χ0n) is 12.2. The van der Waals surface area contributed by atoms with Gasteiger partial charge in [-0.3, -0.25) is 4.98 Å². The van der Waals surface area contributed by atoms with Gasteiger partial charge in [-0.2, -0.15) is 18.4 Å². The number of nitriles is 1. The molecule has 5 nitrogen and oxygen atoms in total. The van der Waals surface area contributed by atoms with Gasteiger partial charge in [0.1, 0.15) is 0 Å². The number of fused-ring (bicyclic) bond motifs is 2. The number of halogens is 4. The molecule has 2 bridgehead atoms. The summed E-state index contributed by atoms with van der Waals surface area (Å²) < 4.78 is 32.7. The minimum absolute atomic E-state index is 0.326. The van der Waals surface area contributed by atoms with Crippen molar-refractivity contribution in [1.82, 2.24) is 10.3 Å². The minimum Gasteiger partial charge on any atom is -0.475 e. The molecule has 1 aromatic heterocycles. The summed E-state index contributed by atoms with van der Waals surface area (Å²) in [7, 11) is 0. The van der Waals surface area contributed by atoms with Crippen LogP contribution in [0.1, 0.15) is 18.4 Å². The fraction of sp³-hybridized carbons (Fsp3) is 0.400. The maximum absolute atomic E-state index is 10.6. The van der Waals surface area contributed by atoms with Crippen LogP contribution in [0, 0.1) is 11.3 Å². The number of hydrogen-bond donors (Lipinski definition) is 2. The van der Waals surface area contributed by atoms with Crippen LogP contribution >= 0.6 is 15.9 Å². The summed E-state index contributed by atoms with van der Waals surface area (Å²) in [5.41, 5.74) is 0.621. The fourth-order valence-electron chi connectivity index (χ4n) is 2.81. The van der Waals surface area contributed by atoms with Crippen LogP contribution in [0.25, 0.3) is 0 Å². The lowest BCUT2D eigenvalue weighted by Gasteiger charge is -2.36. The number of aromatic nitrogens is 1. The Morgan fingerprint density at radius 2 is 1.92 bits per heavy atom. The minimum atomic E-state index is -5.08. The van der Waals surface area contributed by atoms with E-state index in [4.69, 9.17) is 9.90 Å². The third-order valence-corrected chi connectivity index (χ3v) is 4.29. The highest BCUT2D eigenvalue weighted by atomic mass is 79.9. The zero-order chi connectivity index (χ0) is 18.0. The Kier molecular flexibility index (Phi) is 5.30. The van der Waals surface area contributed by atoms with Gasteiger partial charge in [-0.25, -0.2) is 4.79 Å². The molecule has 0 amide bonds. The molecule has 1 saturated heterocycles. The maximum atomic E-state index is 10.6. The van der Waals surface area contributed by atoms with Crippen molar-refractivity contribution in [1.29, 1.82) is 5.26 Å². The fourth-order valence-corrected chi connectivity index (χ4v) is 3.17. The van der Waals surface area contributed by atoms with Gasteiger partial charge in [0.2, 0.25) is 0 Å². The quantitative estimate of drug-likeness (QED) is 0.704. The Bertz CT molecular complexity index is 686. The first-order valence-corrected chi connectivity index (χ1v) is 7.72. The van der Waals surface area contributed by atoms with Crippen LogP contribution in [0.4, 0.5) is 13.2 Å². The average molecular weight is 404 g/mol. The largest absolute Gasteiger partial charge is 0.490 e.